The van der Waals surface area contributed by atoms with Crippen LogP contribution in [0.3, 0.4) is 0 Å². The maximum atomic E-state index is 10.4. The molecule has 1 rings (SSSR count). The van der Waals surface area contributed by atoms with Gasteiger partial charge in [0.2, 0.25) is 0 Å². The summed E-state index contributed by atoms with van der Waals surface area (Å²) in [5, 5.41) is 2.51. The summed E-state index contributed by atoms with van der Waals surface area (Å²) in [5.74, 6) is 0.813. The maximum absolute atomic E-state index is 10.4. The molecule has 5 nitrogen and oxygen atoms in total. The number of carbonyl (C=O) groups is 1. The van der Waals surface area contributed by atoms with Crippen molar-refractivity contribution in [1.29, 1.82) is 0 Å². The lowest BCUT2D eigenvalue weighted by atomic mass is 10.3. The molecule has 0 aliphatic rings. The Morgan fingerprint density at radius 1 is 1.22 bits per heavy atom. The van der Waals surface area contributed by atoms with Crippen LogP contribution >= 0.6 is 0 Å². The molecule has 0 spiro atoms. The molecule has 98 valence electrons. The lowest BCUT2D eigenvalue weighted by molar-refractivity contribution is 0.249. The van der Waals surface area contributed by atoms with Gasteiger partial charge in [0.05, 0.1) is 6.61 Å². The number of rotatable bonds is 7. The monoisotopic (exact) mass is 249 g/mol. The third kappa shape index (κ3) is 6.42. The highest BCUT2D eigenvalue weighted by molar-refractivity contribution is 5.71. The molecule has 0 radical (unpaired) electrons. The van der Waals surface area contributed by atoms with Gasteiger partial charge < -0.3 is 21.5 Å². The number of hydrogen-bond acceptors (Lipinski definition) is 3. The van der Waals surface area contributed by atoms with Crippen molar-refractivity contribution < 1.29 is 9.53 Å². The fourth-order valence-electron chi connectivity index (χ4n) is 1.32. The van der Waals surface area contributed by atoms with Crippen LogP contribution in [0.25, 0.3) is 0 Å². The van der Waals surface area contributed by atoms with Crippen molar-refractivity contribution in [2.45, 2.75) is 12.8 Å². The van der Waals surface area contributed by atoms with Crippen LogP contribution in [0.15, 0.2) is 36.4 Å². The molecule has 0 saturated carbocycles. The van der Waals surface area contributed by atoms with Gasteiger partial charge in [-0.1, -0.05) is 12.2 Å². The van der Waals surface area contributed by atoms with Gasteiger partial charge >= 0.3 is 6.03 Å². The van der Waals surface area contributed by atoms with E-state index in [1.807, 2.05) is 24.3 Å². The zero-order valence-electron chi connectivity index (χ0n) is 10.3. The molecule has 5 N–H and O–H groups in total. The molecular weight excluding hydrogens is 230 g/mol. The van der Waals surface area contributed by atoms with Crippen LogP contribution in [0.5, 0.6) is 5.75 Å². The van der Waals surface area contributed by atoms with Crippen LogP contribution in [-0.4, -0.2) is 19.2 Å². The number of primary amides is 1. The van der Waals surface area contributed by atoms with Crippen LogP contribution in [0.2, 0.25) is 0 Å². The third-order valence-corrected chi connectivity index (χ3v) is 2.21. The van der Waals surface area contributed by atoms with Crippen LogP contribution in [-0.2, 0) is 0 Å². The van der Waals surface area contributed by atoms with Crippen LogP contribution < -0.4 is 21.5 Å². The molecule has 0 aliphatic heterocycles. The first-order valence-corrected chi connectivity index (χ1v) is 5.85. The van der Waals surface area contributed by atoms with E-state index in [0.29, 0.717) is 13.2 Å². The number of urea groups is 1. The molecule has 0 saturated heterocycles. The lowest BCUT2D eigenvalue weighted by Gasteiger charge is -2.04. The summed E-state index contributed by atoms with van der Waals surface area (Å²) in [4.78, 5) is 10.4. The highest BCUT2D eigenvalue weighted by Gasteiger charge is 1.91. The number of benzene rings is 1. The predicted molar refractivity (Wildman–Crippen MR) is 72.3 cm³/mol. The average molecular weight is 249 g/mol. The summed E-state index contributed by atoms with van der Waals surface area (Å²) < 4.78 is 5.51. The third-order valence-electron chi connectivity index (χ3n) is 2.21. The van der Waals surface area contributed by atoms with Gasteiger partial charge in [-0.3, -0.25) is 0 Å². The van der Waals surface area contributed by atoms with Crippen LogP contribution in [0.1, 0.15) is 12.8 Å². The molecule has 5 heteroatoms. The molecule has 0 aromatic heterocycles. The molecular formula is C13H19N3O2. The molecule has 18 heavy (non-hydrogen) atoms. The van der Waals surface area contributed by atoms with Gasteiger partial charge in [0.15, 0.2) is 0 Å². The number of ether oxygens (including phenoxy) is 1. The molecule has 0 fully saturated rings. The second-order valence-corrected chi connectivity index (χ2v) is 3.76. The number of carbonyl (C=O) groups excluding carboxylic acids is 1. The van der Waals surface area contributed by atoms with Crippen LogP contribution in [0, 0.1) is 0 Å². The molecule has 0 atom stereocenters. The van der Waals surface area contributed by atoms with E-state index in [0.717, 1.165) is 24.3 Å². The minimum absolute atomic E-state index is 0.491. The molecule has 0 heterocycles. The van der Waals surface area contributed by atoms with Gasteiger partial charge in [0, 0.05) is 12.2 Å². The summed E-state index contributed by atoms with van der Waals surface area (Å²) >= 11 is 0. The Bertz CT molecular complexity index is 388. The van der Waals surface area contributed by atoms with Gasteiger partial charge in [-0.25, -0.2) is 4.79 Å². The standard InChI is InChI=1S/C13H19N3O2/c14-11-5-7-12(8-6-11)18-10-4-2-1-3-9-16-13(15)17/h1-2,5-8H,3-4,9-10,14H2,(H3,15,16,17). The van der Waals surface area contributed by atoms with Gasteiger partial charge in [-0.2, -0.15) is 0 Å². The van der Waals surface area contributed by atoms with E-state index in [1.165, 1.54) is 0 Å². The van der Waals surface area contributed by atoms with Crippen molar-refractivity contribution in [3.05, 3.63) is 36.4 Å². The normalized spacial score (nSPS) is 10.4. The van der Waals surface area contributed by atoms with Crippen molar-refractivity contribution in [3.63, 3.8) is 0 Å². The van der Waals surface area contributed by atoms with Crippen LogP contribution in [0.4, 0.5) is 10.5 Å². The second-order valence-electron chi connectivity index (χ2n) is 3.76. The molecule has 2 amide bonds. The smallest absolute Gasteiger partial charge is 0.312 e. The van der Waals surface area contributed by atoms with Crippen molar-refractivity contribution in [2.24, 2.45) is 5.73 Å². The first kappa shape index (κ1) is 13.9. The summed E-state index contributed by atoms with van der Waals surface area (Å²) in [6.45, 7) is 1.17. The minimum Gasteiger partial charge on any atom is -0.493 e. The van der Waals surface area contributed by atoms with Gasteiger partial charge in [-0.15, -0.1) is 0 Å². The summed E-state index contributed by atoms with van der Waals surface area (Å²) in [6.07, 6.45) is 5.59. The summed E-state index contributed by atoms with van der Waals surface area (Å²) in [7, 11) is 0. The first-order chi connectivity index (χ1) is 8.68. The SMILES string of the molecule is NC(=O)NCCC=CCCOc1ccc(N)cc1. The van der Waals surface area contributed by atoms with Crippen molar-refractivity contribution in [1.82, 2.24) is 5.32 Å². The zero-order valence-corrected chi connectivity index (χ0v) is 10.3. The highest BCUT2D eigenvalue weighted by atomic mass is 16.5. The Labute approximate surface area is 107 Å². The van der Waals surface area contributed by atoms with E-state index in [1.54, 1.807) is 12.1 Å². The second kappa shape index (κ2) is 8.00. The largest absolute Gasteiger partial charge is 0.493 e. The number of nitrogens with one attached hydrogen (secondary N) is 1. The van der Waals surface area contributed by atoms with Gasteiger partial charge in [0.1, 0.15) is 5.75 Å². The summed E-state index contributed by atoms with van der Waals surface area (Å²) in [6, 6.07) is 6.81. The number of amides is 2. The molecule has 0 unspecified atom stereocenters. The average Bonchev–Trinajstić information content (AvgIpc) is 2.34. The van der Waals surface area contributed by atoms with Gasteiger partial charge in [0.25, 0.3) is 0 Å². The van der Waals surface area contributed by atoms with Crippen molar-refractivity contribution in [2.75, 3.05) is 18.9 Å². The Balaban J connectivity index is 2.06. The topological polar surface area (TPSA) is 90.4 Å². The minimum atomic E-state index is -0.491. The quantitative estimate of drug-likeness (QED) is 0.390. The fraction of sp³-hybridized carbons (Fsp3) is 0.308. The predicted octanol–water partition coefficient (Wildman–Crippen LogP) is 1.65. The fourth-order valence-corrected chi connectivity index (χ4v) is 1.32. The van der Waals surface area contributed by atoms with E-state index >= 15 is 0 Å². The number of nitrogen functional groups attached to an aromatic ring is 1. The Hall–Kier alpha value is -2.17. The van der Waals surface area contributed by atoms with E-state index in [2.05, 4.69) is 5.32 Å². The molecule has 0 aliphatic carbocycles. The van der Waals surface area contributed by atoms with E-state index < -0.39 is 6.03 Å². The van der Waals surface area contributed by atoms with E-state index in [4.69, 9.17) is 16.2 Å². The summed E-state index contributed by atoms with van der Waals surface area (Å²) in [5.41, 5.74) is 11.2. The number of anilines is 1. The Morgan fingerprint density at radius 2 is 1.89 bits per heavy atom. The van der Waals surface area contributed by atoms with E-state index in [9.17, 15) is 4.79 Å². The maximum Gasteiger partial charge on any atom is 0.312 e. The molecule has 1 aromatic carbocycles. The van der Waals surface area contributed by atoms with Crippen molar-refractivity contribution >= 4 is 11.7 Å². The highest BCUT2D eigenvalue weighted by Crippen LogP contribution is 2.13. The van der Waals surface area contributed by atoms with Gasteiger partial charge in [-0.05, 0) is 37.1 Å². The molecule has 0 bridgehead atoms. The number of nitrogens with two attached hydrogens (primary N) is 2. The lowest BCUT2D eigenvalue weighted by Crippen LogP contribution is -2.29. The van der Waals surface area contributed by atoms with Crippen molar-refractivity contribution in [3.8, 4) is 5.75 Å². The molecule has 1 aromatic rings. The first-order valence-electron chi connectivity index (χ1n) is 5.85. The number of hydrogen-bond donors (Lipinski definition) is 3. The Morgan fingerprint density at radius 3 is 2.56 bits per heavy atom. The van der Waals surface area contributed by atoms with E-state index in [-0.39, 0.29) is 0 Å². The zero-order chi connectivity index (χ0) is 13.2. The Kier molecular flexibility index (Phi) is 6.17.